The van der Waals surface area contributed by atoms with Crippen molar-refractivity contribution in [1.29, 1.82) is 0 Å². The highest BCUT2D eigenvalue weighted by Crippen LogP contribution is 2.38. The van der Waals surface area contributed by atoms with Gasteiger partial charge < -0.3 is 14.1 Å². The quantitative estimate of drug-likeness (QED) is 0.252. The molecule has 2 aliphatic heterocycles. The van der Waals surface area contributed by atoms with Crippen LogP contribution >= 0.6 is 22.6 Å². The maximum atomic E-state index is 14.5. The minimum absolute atomic E-state index is 0.178. The van der Waals surface area contributed by atoms with Gasteiger partial charge in [0.1, 0.15) is 5.82 Å². The molecule has 0 amide bonds. The monoisotopic (exact) mass is 651 g/mol. The average molecular weight is 652 g/mol. The molecule has 0 atom stereocenters. The van der Waals surface area contributed by atoms with Crippen LogP contribution in [0.1, 0.15) is 43.3 Å². The maximum absolute atomic E-state index is 14.5. The van der Waals surface area contributed by atoms with Gasteiger partial charge in [-0.25, -0.2) is 13.9 Å². The molecule has 3 aromatic rings. The van der Waals surface area contributed by atoms with E-state index >= 15 is 0 Å². The summed E-state index contributed by atoms with van der Waals surface area (Å²) in [4.78, 5) is 9.75. The molecule has 2 fully saturated rings. The first kappa shape index (κ1) is 27.9. The van der Waals surface area contributed by atoms with E-state index in [1.165, 1.54) is 6.07 Å². The van der Waals surface area contributed by atoms with Gasteiger partial charge in [-0.3, -0.25) is 4.90 Å². The summed E-state index contributed by atoms with van der Waals surface area (Å²) in [7, 11) is -1.80. The van der Waals surface area contributed by atoms with Crippen LogP contribution in [0.2, 0.25) is 18.1 Å². The first-order valence-corrected chi connectivity index (χ1v) is 17.5. The van der Waals surface area contributed by atoms with Crippen LogP contribution in [0.4, 0.5) is 10.2 Å². The molecule has 0 aliphatic carbocycles. The van der Waals surface area contributed by atoms with E-state index in [0.29, 0.717) is 25.2 Å². The summed E-state index contributed by atoms with van der Waals surface area (Å²) in [6.07, 6.45) is 0.848. The van der Waals surface area contributed by atoms with Crippen LogP contribution in [0.3, 0.4) is 0 Å². The number of fused-ring (bicyclic) bond motifs is 1. The number of likely N-dealkylation sites (tertiary alicyclic amines) is 1. The molecule has 0 N–H and O–H groups in total. The number of aromatic nitrogens is 3. The molecule has 1 aromatic carbocycles. The maximum Gasteiger partial charge on any atom is 0.192 e. The van der Waals surface area contributed by atoms with Crippen molar-refractivity contribution in [2.24, 2.45) is 0 Å². The Bertz CT molecular complexity index is 1310. The Balaban J connectivity index is 1.44. The number of imidazole rings is 1. The van der Waals surface area contributed by atoms with Crippen molar-refractivity contribution in [2.75, 3.05) is 44.3 Å². The zero-order chi connectivity index (χ0) is 27.2. The molecule has 5 rings (SSSR count). The highest BCUT2D eigenvalue weighted by atomic mass is 127. The molecule has 206 valence electrons. The Morgan fingerprint density at radius 1 is 1.18 bits per heavy atom. The van der Waals surface area contributed by atoms with Gasteiger partial charge in [0.15, 0.2) is 19.8 Å². The fraction of sp³-hybridized carbons (Fsp3) is 0.571. The smallest absolute Gasteiger partial charge is 0.192 e. The molecule has 0 unspecified atom stereocenters. The number of anilines is 1. The number of nitrogens with zero attached hydrogens (tertiary/aromatic N) is 5. The highest BCUT2D eigenvalue weighted by molar-refractivity contribution is 14.1. The minimum atomic E-state index is -1.80. The molecule has 10 heteroatoms. The van der Waals surface area contributed by atoms with Crippen molar-refractivity contribution >= 4 is 42.4 Å². The van der Waals surface area contributed by atoms with E-state index in [1.807, 2.05) is 17.5 Å². The number of rotatable bonds is 7. The lowest BCUT2D eigenvalue weighted by Crippen LogP contribution is -2.57. The molecule has 2 saturated heterocycles. The SMILES string of the molecule is Cc1c(F)cccc1Cc1c(CN2CC(O[Si](C)(C)C(C)(C)C)C2)nc2c(I)cc(N3CCOCC3)nn12. The van der Waals surface area contributed by atoms with Gasteiger partial charge >= 0.3 is 0 Å². The van der Waals surface area contributed by atoms with Crippen LogP contribution in [0.25, 0.3) is 5.65 Å². The van der Waals surface area contributed by atoms with E-state index in [1.54, 1.807) is 6.07 Å². The zero-order valence-corrected chi connectivity index (χ0v) is 26.5. The average Bonchev–Trinajstić information content (AvgIpc) is 3.18. The van der Waals surface area contributed by atoms with Crippen molar-refractivity contribution in [3.8, 4) is 0 Å². The van der Waals surface area contributed by atoms with Gasteiger partial charge in [0.2, 0.25) is 0 Å². The first-order chi connectivity index (χ1) is 17.9. The Morgan fingerprint density at radius 3 is 2.58 bits per heavy atom. The van der Waals surface area contributed by atoms with Gasteiger partial charge in [-0.2, -0.15) is 0 Å². The summed E-state index contributed by atoms with van der Waals surface area (Å²) in [5.74, 6) is 0.751. The summed E-state index contributed by atoms with van der Waals surface area (Å²) in [5.41, 5.74) is 4.53. The fourth-order valence-corrected chi connectivity index (χ4v) is 6.83. The second-order valence-corrected chi connectivity index (χ2v) is 18.0. The van der Waals surface area contributed by atoms with Crippen molar-refractivity contribution in [2.45, 2.75) is 64.9 Å². The number of hydrogen-bond donors (Lipinski definition) is 0. The standard InChI is InChI=1S/C28H39FIN5O2Si/c1-19-20(8-7-9-22(19)29)14-25-24(18-33-16-21(17-33)37-38(5,6)28(2,3)4)31-27-23(30)15-26(32-35(25)27)34-10-12-36-13-11-34/h7-9,15,21H,10-14,16-18H2,1-6H3. The minimum Gasteiger partial charge on any atom is -0.411 e. The summed E-state index contributed by atoms with van der Waals surface area (Å²) < 4.78 is 29.7. The summed E-state index contributed by atoms with van der Waals surface area (Å²) in [6, 6.07) is 7.43. The summed E-state index contributed by atoms with van der Waals surface area (Å²) in [5, 5.41) is 5.26. The molecule has 38 heavy (non-hydrogen) atoms. The Hall–Kier alpha value is -1.60. The lowest BCUT2D eigenvalue weighted by atomic mass is 10.0. The fourth-order valence-electron chi connectivity index (χ4n) is 4.87. The molecule has 0 spiro atoms. The van der Waals surface area contributed by atoms with Crippen LogP contribution in [-0.4, -0.2) is 73.3 Å². The van der Waals surface area contributed by atoms with Crippen LogP contribution < -0.4 is 4.90 Å². The van der Waals surface area contributed by atoms with Crippen molar-refractivity contribution in [3.63, 3.8) is 0 Å². The first-order valence-electron chi connectivity index (χ1n) is 13.5. The third-order valence-electron chi connectivity index (χ3n) is 8.34. The van der Waals surface area contributed by atoms with Gasteiger partial charge in [0.05, 0.1) is 34.3 Å². The molecule has 2 aliphatic rings. The molecule has 0 radical (unpaired) electrons. The van der Waals surface area contributed by atoms with Crippen LogP contribution in [0.15, 0.2) is 24.3 Å². The Labute approximate surface area is 240 Å². The summed E-state index contributed by atoms with van der Waals surface area (Å²) >= 11 is 2.36. The normalized spacial score (nSPS) is 17.8. The second-order valence-electron chi connectivity index (χ2n) is 12.1. The molecule has 0 bridgehead atoms. The van der Waals surface area contributed by atoms with E-state index in [2.05, 4.69) is 72.3 Å². The van der Waals surface area contributed by atoms with Gasteiger partial charge in [0, 0.05) is 39.1 Å². The molecule has 4 heterocycles. The number of morpholine rings is 1. The number of halogens is 2. The van der Waals surface area contributed by atoms with Gasteiger partial charge in [0.25, 0.3) is 0 Å². The van der Waals surface area contributed by atoms with Crippen LogP contribution in [0.5, 0.6) is 0 Å². The predicted molar refractivity (Wildman–Crippen MR) is 160 cm³/mol. The lowest BCUT2D eigenvalue weighted by Gasteiger charge is -2.46. The van der Waals surface area contributed by atoms with E-state index in [0.717, 1.165) is 64.7 Å². The third-order valence-corrected chi connectivity index (χ3v) is 13.7. The third kappa shape index (κ3) is 5.65. The van der Waals surface area contributed by atoms with Gasteiger partial charge in [-0.15, -0.1) is 5.10 Å². The zero-order valence-electron chi connectivity index (χ0n) is 23.4. The Kier molecular flexibility index (Phi) is 7.91. The summed E-state index contributed by atoms with van der Waals surface area (Å²) in [6.45, 7) is 18.9. The Morgan fingerprint density at radius 2 is 1.89 bits per heavy atom. The topological polar surface area (TPSA) is 55.1 Å². The molecule has 2 aromatic heterocycles. The van der Waals surface area contributed by atoms with Crippen molar-refractivity contribution in [1.82, 2.24) is 19.5 Å². The van der Waals surface area contributed by atoms with Gasteiger partial charge in [-0.1, -0.05) is 32.9 Å². The number of hydrogen-bond acceptors (Lipinski definition) is 6. The number of benzene rings is 1. The van der Waals surface area contributed by atoms with Crippen LogP contribution in [0, 0.1) is 16.3 Å². The van der Waals surface area contributed by atoms with E-state index in [4.69, 9.17) is 19.2 Å². The van der Waals surface area contributed by atoms with Crippen molar-refractivity contribution in [3.05, 3.63) is 56.2 Å². The molecule has 0 saturated carbocycles. The molecular formula is C28H39FIN5O2Si. The molecular weight excluding hydrogens is 612 g/mol. The number of ether oxygens (including phenoxy) is 1. The molecule has 7 nitrogen and oxygen atoms in total. The predicted octanol–water partition coefficient (Wildman–Crippen LogP) is 5.41. The van der Waals surface area contributed by atoms with E-state index < -0.39 is 8.32 Å². The van der Waals surface area contributed by atoms with Gasteiger partial charge in [-0.05, 0) is 70.9 Å². The largest absolute Gasteiger partial charge is 0.411 e. The second kappa shape index (κ2) is 10.8. The lowest BCUT2D eigenvalue weighted by molar-refractivity contribution is 0.00486. The van der Waals surface area contributed by atoms with E-state index in [9.17, 15) is 4.39 Å². The van der Waals surface area contributed by atoms with Crippen molar-refractivity contribution < 1.29 is 13.6 Å². The van der Waals surface area contributed by atoms with Crippen LogP contribution in [-0.2, 0) is 22.1 Å². The van der Waals surface area contributed by atoms with E-state index in [-0.39, 0.29) is 17.0 Å². The highest BCUT2D eigenvalue weighted by Gasteiger charge is 2.42.